The average Bonchev–Trinajstić information content (AvgIpc) is 2.69. The summed E-state index contributed by atoms with van der Waals surface area (Å²) in [5.41, 5.74) is 1.56. The molecule has 0 aliphatic carbocycles. The van der Waals surface area contributed by atoms with Crippen LogP contribution in [0.1, 0.15) is 17.4 Å². The van der Waals surface area contributed by atoms with Crippen molar-refractivity contribution in [1.29, 1.82) is 0 Å². The molecule has 2 N–H and O–H groups in total. The van der Waals surface area contributed by atoms with Gasteiger partial charge >= 0.3 is 0 Å². The monoisotopic (exact) mass is 207 g/mol. The van der Waals surface area contributed by atoms with E-state index in [1.54, 1.807) is 18.3 Å². The first-order chi connectivity index (χ1) is 6.77. The number of hydrogen-bond donors (Lipinski definition) is 2. The van der Waals surface area contributed by atoms with E-state index in [0.29, 0.717) is 5.02 Å². The van der Waals surface area contributed by atoms with Crippen LogP contribution in [0, 0.1) is 0 Å². The van der Waals surface area contributed by atoms with Crippen LogP contribution < -0.4 is 0 Å². The molecular formula is C11H10ClNO. The Morgan fingerprint density at radius 3 is 2.71 bits per heavy atom. The van der Waals surface area contributed by atoms with Crippen LogP contribution in [-0.2, 0) is 0 Å². The van der Waals surface area contributed by atoms with Gasteiger partial charge in [-0.2, -0.15) is 0 Å². The van der Waals surface area contributed by atoms with Gasteiger partial charge in [0.1, 0.15) is 6.10 Å². The van der Waals surface area contributed by atoms with E-state index in [1.165, 1.54) is 0 Å². The Hall–Kier alpha value is -1.25. The van der Waals surface area contributed by atoms with Gasteiger partial charge in [-0.15, -0.1) is 0 Å². The fourth-order valence-corrected chi connectivity index (χ4v) is 1.57. The molecule has 1 atom stereocenters. The summed E-state index contributed by atoms with van der Waals surface area (Å²) in [6, 6.07) is 10.9. The highest BCUT2D eigenvalue weighted by Crippen LogP contribution is 2.22. The summed E-state index contributed by atoms with van der Waals surface area (Å²) in [7, 11) is 0. The highest BCUT2D eigenvalue weighted by Gasteiger charge is 2.10. The second-order valence-electron chi connectivity index (χ2n) is 3.08. The number of nitrogens with one attached hydrogen (secondary N) is 1. The number of benzene rings is 1. The first kappa shape index (κ1) is 9.31. The number of aromatic amines is 1. The van der Waals surface area contributed by atoms with Crippen LogP contribution in [0.2, 0.25) is 5.02 Å². The van der Waals surface area contributed by atoms with E-state index < -0.39 is 6.10 Å². The molecule has 1 heterocycles. The van der Waals surface area contributed by atoms with Crippen LogP contribution in [-0.4, -0.2) is 10.1 Å². The van der Waals surface area contributed by atoms with Gasteiger partial charge in [-0.25, -0.2) is 0 Å². The quantitative estimate of drug-likeness (QED) is 0.781. The maximum absolute atomic E-state index is 9.92. The van der Waals surface area contributed by atoms with Crippen LogP contribution in [0.25, 0.3) is 0 Å². The van der Waals surface area contributed by atoms with Gasteiger partial charge < -0.3 is 10.1 Å². The van der Waals surface area contributed by atoms with Crippen molar-refractivity contribution < 1.29 is 5.11 Å². The van der Waals surface area contributed by atoms with Crippen molar-refractivity contribution >= 4 is 11.6 Å². The van der Waals surface area contributed by atoms with E-state index in [4.69, 9.17) is 11.6 Å². The van der Waals surface area contributed by atoms with Gasteiger partial charge in [0.2, 0.25) is 0 Å². The smallest absolute Gasteiger partial charge is 0.119 e. The normalized spacial score (nSPS) is 12.7. The van der Waals surface area contributed by atoms with Gasteiger partial charge in [0.15, 0.2) is 0 Å². The third-order valence-electron chi connectivity index (χ3n) is 2.08. The molecule has 0 fully saturated rings. The first-order valence-electron chi connectivity index (χ1n) is 4.34. The predicted molar refractivity (Wildman–Crippen MR) is 56.3 cm³/mol. The molecule has 1 aromatic carbocycles. The molecule has 1 aromatic heterocycles. The summed E-state index contributed by atoms with van der Waals surface area (Å²) in [6.07, 6.45) is 1.15. The van der Waals surface area contributed by atoms with Gasteiger partial charge in [-0.1, -0.05) is 23.7 Å². The number of hydrogen-bond acceptors (Lipinski definition) is 1. The van der Waals surface area contributed by atoms with Crippen molar-refractivity contribution in [3.63, 3.8) is 0 Å². The Kier molecular flexibility index (Phi) is 2.57. The van der Waals surface area contributed by atoms with Crippen LogP contribution >= 0.6 is 11.6 Å². The largest absolute Gasteiger partial charge is 0.382 e. The molecule has 72 valence electrons. The van der Waals surface area contributed by atoms with Crippen LogP contribution in [0.5, 0.6) is 0 Å². The van der Waals surface area contributed by atoms with E-state index in [9.17, 15) is 5.11 Å². The molecule has 0 radical (unpaired) electrons. The molecule has 2 nitrogen and oxygen atoms in total. The Morgan fingerprint density at radius 2 is 2.07 bits per heavy atom. The molecule has 2 aromatic rings. The molecule has 0 aliphatic rings. The Morgan fingerprint density at radius 1 is 1.21 bits per heavy atom. The molecule has 2 rings (SSSR count). The Labute approximate surface area is 87.2 Å². The van der Waals surface area contributed by atoms with Crippen molar-refractivity contribution in [1.82, 2.24) is 4.98 Å². The topological polar surface area (TPSA) is 36.0 Å². The summed E-state index contributed by atoms with van der Waals surface area (Å²) < 4.78 is 0. The van der Waals surface area contributed by atoms with Crippen molar-refractivity contribution in [2.45, 2.75) is 6.10 Å². The van der Waals surface area contributed by atoms with E-state index in [0.717, 1.165) is 11.3 Å². The molecular weight excluding hydrogens is 198 g/mol. The fourth-order valence-electron chi connectivity index (χ4n) is 1.37. The third-order valence-corrected chi connectivity index (χ3v) is 2.32. The van der Waals surface area contributed by atoms with Crippen LogP contribution in [0.15, 0.2) is 42.6 Å². The number of aromatic nitrogens is 1. The van der Waals surface area contributed by atoms with E-state index in [1.807, 2.05) is 24.3 Å². The molecule has 0 amide bonds. The van der Waals surface area contributed by atoms with Crippen molar-refractivity contribution in [2.24, 2.45) is 0 Å². The molecule has 0 saturated heterocycles. The van der Waals surface area contributed by atoms with Gasteiger partial charge in [-0.05, 0) is 29.8 Å². The molecule has 14 heavy (non-hydrogen) atoms. The minimum atomic E-state index is -0.635. The SMILES string of the molecule is OC(c1cccc(Cl)c1)c1ccc[nH]1. The summed E-state index contributed by atoms with van der Waals surface area (Å²) in [5.74, 6) is 0. The maximum Gasteiger partial charge on any atom is 0.119 e. The second-order valence-corrected chi connectivity index (χ2v) is 3.52. The molecule has 3 heteroatoms. The average molecular weight is 208 g/mol. The van der Waals surface area contributed by atoms with Crippen LogP contribution in [0.4, 0.5) is 0 Å². The van der Waals surface area contributed by atoms with Gasteiger partial charge in [0.25, 0.3) is 0 Å². The van der Waals surface area contributed by atoms with E-state index in [-0.39, 0.29) is 0 Å². The molecule has 0 bridgehead atoms. The van der Waals surface area contributed by atoms with Gasteiger partial charge in [0.05, 0.1) is 0 Å². The predicted octanol–water partition coefficient (Wildman–Crippen LogP) is 2.75. The number of aliphatic hydroxyl groups is 1. The van der Waals surface area contributed by atoms with E-state index in [2.05, 4.69) is 4.98 Å². The lowest BCUT2D eigenvalue weighted by atomic mass is 10.1. The van der Waals surface area contributed by atoms with Crippen molar-refractivity contribution in [2.75, 3.05) is 0 Å². The lowest BCUT2D eigenvalue weighted by Crippen LogP contribution is -1.99. The molecule has 0 aliphatic heterocycles. The lowest BCUT2D eigenvalue weighted by Gasteiger charge is -2.09. The number of halogens is 1. The Bertz CT molecular complexity index is 411. The summed E-state index contributed by atoms with van der Waals surface area (Å²) >= 11 is 5.83. The minimum Gasteiger partial charge on any atom is -0.382 e. The van der Waals surface area contributed by atoms with Gasteiger partial charge in [-0.3, -0.25) is 0 Å². The highest BCUT2D eigenvalue weighted by molar-refractivity contribution is 6.30. The Balaban J connectivity index is 2.32. The lowest BCUT2D eigenvalue weighted by molar-refractivity contribution is 0.216. The molecule has 0 saturated carbocycles. The minimum absolute atomic E-state index is 0.633. The fraction of sp³-hybridized carbons (Fsp3) is 0.0909. The zero-order valence-corrected chi connectivity index (χ0v) is 8.20. The van der Waals surface area contributed by atoms with Crippen molar-refractivity contribution in [3.05, 3.63) is 58.9 Å². The zero-order valence-electron chi connectivity index (χ0n) is 7.44. The number of aliphatic hydroxyl groups excluding tert-OH is 1. The standard InChI is InChI=1S/C11H10ClNO/c12-9-4-1-3-8(7-9)11(14)10-5-2-6-13-10/h1-7,11,13-14H. The van der Waals surface area contributed by atoms with Crippen molar-refractivity contribution in [3.8, 4) is 0 Å². The number of rotatable bonds is 2. The third kappa shape index (κ3) is 1.81. The molecule has 1 unspecified atom stereocenters. The number of H-pyrrole nitrogens is 1. The molecule has 0 spiro atoms. The van der Waals surface area contributed by atoms with Gasteiger partial charge in [0, 0.05) is 16.9 Å². The maximum atomic E-state index is 9.92. The first-order valence-corrected chi connectivity index (χ1v) is 4.72. The van der Waals surface area contributed by atoms with E-state index >= 15 is 0 Å². The van der Waals surface area contributed by atoms with Crippen LogP contribution in [0.3, 0.4) is 0 Å². The highest BCUT2D eigenvalue weighted by atomic mass is 35.5. The summed E-state index contributed by atoms with van der Waals surface area (Å²) in [6.45, 7) is 0. The zero-order chi connectivity index (χ0) is 9.97. The summed E-state index contributed by atoms with van der Waals surface area (Å²) in [5, 5.41) is 10.5. The summed E-state index contributed by atoms with van der Waals surface area (Å²) in [4.78, 5) is 2.96. The second kappa shape index (κ2) is 3.86.